The van der Waals surface area contributed by atoms with Gasteiger partial charge in [0.15, 0.2) is 5.75 Å². The molecule has 2 amide bonds. The summed E-state index contributed by atoms with van der Waals surface area (Å²) in [5.74, 6) is 0.340. The Morgan fingerprint density at radius 1 is 1.32 bits per heavy atom. The van der Waals surface area contributed by atoms with Crippen LogP contribution in [0.5, 0.6) is 5.75 Å². The molecule has 1 aromatic carbocycles. The van der Waals surface area contributed by atoms with E-state index in [9.17, 15) is 9.59 Å². The lowest BCUT2D eigenvalue weighted by atomic mass is 10.1. The van der Waals surface area contributed by atoms with E-state index in [2.05, 4.69) is 12.2 Å². The van der Waals surface area contributed by atoms with Crippen LogP contribution < -0.4 is 10.1 Å². The molecule has 1 N–H and O–H groups in total. The van der Waals surface area contributed by atoms with Gasteiger partial charge in [0, 0.05) is 30.2 Å². The van der Waals surface area contributed by atoms with Gasteiger partial charge in [0.2, 0.25) is 0 Å². The van der Waals surface area contributed by atoms with E-state index in [-0.39, 0.29) is 18.0 Å². The van der Waals surface area contributed by atoms with Crippen molar-refractivity contribution in [2.75, 3.05) is 13.2 Å². The fourth-order valence-corrected chi connectivity index (χ4v) is 4.64. The van der Waals surface area contributed by atoms with E-state index in [1.165, 1.54) is 0 Å². The number of ether oxygens (including phenoxy) is 2. The average Bonchev–Trinajstić information content (AvgIpc) is 3.36. The Hall–Kier alpha value is -2.51. The molecular formula is C23H28ClN3O4. The quantitative estimate of drug-likeness (QED) is 0.733. The Kier molecular flexibility index (Phi) is 6.53. The highest BCUT2D eigenvalue weighted by Gasteiger charge is 2.32. The number of halogens is 1. The van der Waals surface area contributed by atoms with Gasteiger partial charge < -0.3 is 24.3 Å². The summed E-state index contributed by atoms with van der Waals surface area (Å²) in [6.45, 7) is 6.17. The summed E-state index contributed by atoms with van der Waals surface area (Å²) < 4.78 is 13.2. The summed E-state index contributed by atoms with van der Waals surface area (Å²) in [7, 11) is 0. The molecule has 0 aliphatic carbocycles. The van der Waals surface area contributed by atoms with Crippen molar-refractivity contribution >= 4 is 23.6 Å². The minimum Gasteiger partial charge on any atom is -0.408 e. The van der Waals surface area contributed by atoms with E-state index in [0.29, 0.717) is 48.3 Å². The lowest BCUT2D eigenvalue weighted by molar-refractivity contribution is 0.0686. The monoisotopic (exact) mass is 445 g/mol. The van der Waals surface area contributed by atoms with Crippen molar-refractivity contribution in [1.82, 2.24) is 14.8 Å². The van der Waals surface area contributed by atoms with Gasteiger partial charge in [-0.25, -0.2) is 4.79 Å². The number of carbonyl (C=O) groups excluding carboxylic acids is 2. The molecule has 8 heteroatoms. The predicted octanol–water partition coefficient (Wildman–Crippen LogP) is 4.54. The van der Waals surface area contributed by atoms with Gasteiger partial charge in [0.25, 0.3) is 5.91 Å². The number of hydrogen-bond acceptors (Lipinski definition) is 4. The van der Waals surface area contributed by atoms with Crippen LogP contribution in [0.2, 0.25) is 5.02 Å². The minimum absolute atomic E-state index is 0.0223. The fraction of sp³-hybridized carbons (Fsp3) is 0.478. The minimum atomic E-state index is -0.584. The second kappa shape index (κ2) is 9.32. The molecule has 31 heavy (non-hydrogen) atoms. The number of nitrogens with one attached hydrogen (secondary N) is 1. The Morgan fingerprint density at radius 2 is 2.13 bits per heavy atom. The number of likely N-dealkylation sites (tertiary alicyclic amines) is 1. The first-order chi connectivity index (χ1) is 15.0. The highest BCUT2D eigenvalue weighted by Crippen LogP contribution is 2.31. The molecule has 0 radical (unpaired) electrons. The summed E-state index contributed by atoms with van der Waals surface area (Å²) in [6, 6.07) is 9.03. The van der Waals surface area contributed by atoms with Gasteiger partial charge in [0.05, 0.1) is 24.9 Å². The molecule has 2 aromatic rings. The molecule has 4 rings (SSSR count). The van der Waals surface area contributed by atoms with Gasteiger partial charge in [-0.3, -0.25) is 4.79 Å². The smallest absolute Gasteiger partial charge is 0.408 e. The lowest BCUT2D eigenvalue weighted by Crippen LogP contribution is -2.35. The molecule has 2 aliphatic rings. The van der Waals surface area contributed by atoms with Crippen LogP contribution in [0, 0.1) is 0 Å². The van der Waals surface area contributed by atoms with Crippen LogP contribution in [0.1, 0.15) is 60.9 Å². The molecule has 1 fully saturated rings. The van der Waals surface area contributed by atoms with Gasteiger partial charge >= 0.3 is 6.09 Å². The third kappa shape index (κ3) is 4.43. The molecule has 2 atom stereocenters. The van der Waals surface area contributed by atoms with Crippen molar-refractivity contribution in [3.05, 3.63) is 52.3 Å². The molecule has 3 heterocycles. The maximum absolute atomic E-state index is 13.2. The van der Waals surface area contributed by atoms with Gasteiger partial charge in [0.1, 0.15) is 5.69 Å². The molecule has 0 bridgehead atoms. The van der Waals surface area contributed by atoms with Gasteiger partial charge in [-0.2, -0.15) is 0 Å². The molecular weight excluding hydrogens is 418 g/mol. The third-order valence-electron chi connectivity index (χ3n) is 6.08. The maximum Gasteiger partial charge on any atom is 0.413 e. The van der Waals surface area contributed by atoms with E-state index in [1.807, 2.05) is 34.6 Å². The number of rotatable bonds is 5. The van der Waals surface area contributed by atoms with Crippen LogP contribution in [-0.2, 0) is 17.9 Å². The highest BCUT2D eigenvalue weighted by atomic mass is 35.5. The van der Waals surface area contributed by atoms with Crippen molar-refractivity contribution in [2.24, 2.45) is 0 Å². The van der Waals surface area contributed by atoms with Gasteiger partial charge in [-0.15, -0.1) is 0 Å². The zero-order valence-corrected chi connectivity index (χ0v) is 18.7. The van der Waals surface area contributed by atoms with Crippen LogP contribution in [-0.4, -0.2) is 40.7 Å². The topological polar surface area (TPSA) is 72.8 Å². The molecule has 0 unspecified atom stereocenters. The highest BCUT2D eigenvalue weighted by molar-refractivity contribution is 6.31. The van der Waals surface area contributed by atoms with Crippen molar-refractivity contribution < 1.29 is 19.1 Å². The second-order valence-electron chi connectivity index (χ2n) is 8.05. The molecule has 2 aliphatic heterocycles. The van der Waals surface area contributed by atoms with E-state index < -0.39 is 6.09 Å². The number of aromatic nitrogens is 1. The zero-order chi connectivity index (χ0) is 22.0. The predicted molar refractivity (Wildman–Crippen MR) is 117 cm³/mol. The fourth-order valence-electron chi connectivity index (χ4n) is 4.37. The normalized spacial score (nSPS) is 19.1. The first-order valence-electron chi connectivity index (χ1n) is 10.8. The van der Waals surface area contributed by atoms with Crippen LogP contribution in [0.4, 0.5) is 4.79 Å². The Morgan fingerprint density at radius 3 is 2.84 bits per heavy atom. The average molecular weight is 446 g/mol. The number of amides is 2. The number of carbonyl (C=O) groups is 2. The van der Waals surface area contributed by atoms with E-state index in [4.69, 9.17) is 21.1 Å². The maximum atomic E-state index is 13.2. The standard InChI is InChI=1S/C23H28ClN3O4/c1-3-18(16-8-4-5-9-17(16)24)25-23(29)31-21-13-19(27-11-12-30-14-20(21)27)22(28)26-10-6-7-15(26)2/h4-5,8-9,13,15,18H,3,6-7,10-12,14H2,1-2H3,(H,25,29)/t15-,18+/m0/s1. The summed E-state index contributed by atoms with van der Waals surface area (Å²) in [5.41, 5.74) is 2.10. The molecule has 1 aromatic heterocycles. The van der Waals surface area contributed by atoms with Gasteiger partial charge in [-0.05, 0) is 37.8 Å². The van der Waals surface area contributed by atoms with Crippen molar-refractivity contribution in [3.63, 3.8) is 0 Å². The zero-order valence-electron chi connectivity index (χ0n) is 17.9. The van der Waals surface area contributed by atoms with Gasteiger partial charge in [-0.1, -0.05) is 36.7 Å². The van der Waals surface area contributed by atoms with Crippen LogP contribution >= 0.6 is 11.6 Å². The number of hydrogen-bond donors (Lipinski definition) is 1. The Labute approximate surface area is 187 Å². The van der Waals surface area contributed by atoms with E-state index in [0.717, 1.165) is 24.9 Å². The van der Waals surface area contributed by atoms with Crippen molar-refractivity contribution in [3.8, 4) is 5.75 Å². The first-order valence-corrected chi connectivity index (χ1v) is 11.2. The number of nitrogens with zero attached hydrogens (tertiary/aromatic N) is 2. The Balaban J connectivity index is 1.54. The summed E-state index contributed by atoms with van der Waals surface area (Å²) in [5, 5.41) is 3.48. The number of benzene rings is 1. The van der Waals surface area contributed by atoms with E-state index >= 15 is 0 Å². The Bertz CT molecular complexity index is 974. The van der Waals surface area contributed by atoms with Crippen LogP contribution in [0.15, 0.2) is 30.3 Å². The summed E-state index contributed by atoms with van der Waals surface area (Å²) in [4.78, 5) is 27.8. The summed E-state index contributed by atoms with van der Waals surface area (Å²) >= 11 is 6.29. The molecule has 7 nitrogen and oxygen atoms in total. The molecule has 1 saturated heterocycles. The molecule has 166 valence electrons. The third-order valence-corrected chi connectivity index (χ3v) is 6.43. The first kappa shape index (κ1) is 21.7. The van der Waals surface area contributed by atoms with E-state index in [1.54, 1.807) is 12.1 Å². The van der Waals surface area contributed by atoms with Crippen molar-refractivity contribution in [1.29, 1.82) is 0 Å². The largest absolute Gasteiger partial charge is 0.413 e. The lowest BCUT2D eigenvalue weighted by Gasteiger charge is -2.24. The molecule has 0 spiro atoms. The van der Waals surface area contributed by atoms with Crippen LogP contribution in [0.25, 0.3) is 0 Å². The molecule has 0 saturated carbocycles. The SMILES string of the molecule is CC[C@@H](NC(=O)Oc1cc(C(=O)N2CCC[C@@H]2C)n2c1COCC2)c1ccccc1Cl. The second-order valence-corrected chi connectivity index (χ2v) is 8.46. The van der Waals surface area contributed by atoms with Crippen molar-refractivity contribution in [2.45, 2.75) is 58.3 Å². The number of fused-ring (bicyclic) bond motifs is 1. The summed E-state index contributed by atoms with van der Waals surface area (Å²) in [6.07, 6.45) is 2.09. The van der Waals surface area contributed by atoms with Crippen LogP contribution in [0.3, 0.4) is 0 Å².